The largest absolute Gasteiger partial charge is 0.472 e. The Morgan fingerprint density at radius 1 is 1.00 bits per heavy atom. The molecule has 0 aliphatic heterocycles. The van der Waals surface area contributed by atoms with Crippen LogP contribution in [0.2, 0.25) is 0 Å². The Morgan fingerprint density at radius 3 is 2.77 bits per heavy atom. The highest BCUT2D eigenvalue weighted by atomic mass is 16.3. The first-order valence-corrected chi connectivity index (χ1v) is 11.3. The van der Waals surface area contributed by atoms with Gasteiger partial charge in [0.2, 0.25) is 5.91 Å². The number of nitrogens with one attached hydrogen (secondary N) is 3. The number of aromatic nitrogens is 6. The van der Waals surface area contributed by atoms with Crippen LogP contribution in [0.15, 0.2) is 72.1 Å². The maximum atomic E-state index is 12.2. The average molecular weight is 461 g/mol. The van der Waals surface area contributed by atoms with Crippen molar-refractivity contribution in [3.05, 3.63) is 67.6 Å². The normalized spacial score (nSPS) is 13.5. The zero-order chi connectivity index (χ0) is 23.4. The molecule has 0 aromatic carbocycles. The summed E-state index contributed by atoms with van der Waals surface area (Å²) in [4.78, 5) is 29.0. The van der Waals surface area contributed by atoms with Crippen molar-refractivity contribution in [2.75, 3.05) is 5.32 Å². The van der Waals surface area contributed by atoms with Crippen LogP contribution in [-0.4, -0.2) is 36.0 Å². The smallest absolute Gasteiger partial charge is 0.227 e. The van der Waals surface area contributed by atoms with Gasteiger partial charge in [0.25, 0.3) is 0 Å². The summed E-state index contributed by atoms with van der Waals surface area (Å²) in [5, 5.41) is 12.3. The molecule has 0 spiro atoms. The summed E-state index contributed by atoms with van der Waals surface area (Å²) in [5.74, 6) is 0.184. The number of nitrogens with zero attached hydrogens (tertiary/aromatic N) is 4. The third-order valence-electron chi connectivity index (χ3n) is 6.31. The third-order valence-corrected chi connectivity index (χ3v) is 6.31. The standard InChI is InChI=1S/C26H19N7O2/c34-26(14-1-2-14)30-18-7-16(10-27-12-18)17-8-20-24(32-33-25(20)29-11-17)22-9-19-21(31-22)3-5-28-23(19)15-4-6-35-13-15/h3-14,31H,1-2H2,(H,30,34)(H,29,32,33). The van der Waals surface area contributed by atoms with Crippen molar-refractivity contribution in [1.29, 1.82) is 0 Å². The predicted octanol–water partition coefficient (Wildman–Crippen LogP) is 5.17. The molecule has 0 bridgehead atoms. The molecule has 9 nitrogen and oxygen atoms in total. The number of hydrogen-bond donors (Lipinski definition) is 3. The molecular formula is C26H19N7O2. The summed E-state index contributed by atoms with van der Waals surface area (Å²) in [6.45, 7) is 0. The van der Waals surface area contributed by atoms with Crippen LogP contribution in [0.3, 0.4) is 0 Å². The van der Waals surface area contributed by atoms with Crippen molar-refractivity contribution in [2.24, 2.45) is 5.92 Å². The van der Waals surface area contributed by atoms with Gasteiger partial charge in [-0.25, -0.2) is 4.98 Å². The van der Waals surface area contributed by atoms with E-state index < -0.39 is 0 Å². The number of carbonyl (C=O) groups is 1. The first-order valence-electron chi connectivity index (χ1n) is 11.3. The summed E-state index contributed by atoms with van der Waals surface area (Å²) in [7, 11) is 0. The lowest BCUT2D eigenvalue weighted by molar-refractivity contribution is -0.117. The molecule has 6 aromatic rings. The van der Waals surface area contributed by atoms with Crippen LogP contribution in [0.4, 0.5) is 5.69 Å². The van der Waals surface area contributed by atoms with Crippen LogP contribution in [0.25, 0.3) is 55.7 Å². The minimum atomic E-state index is 0.0535. The molecule has 1 saturated carbocycles. The molecule has 1 fully saturated rings. The Labute approximate surface area is 198 Å². The zero-order valence-electron chi connectivity index (χ0n) is 18.4. The Morgan fingerprint density at radius 2 is 1.91 bits per heavy atom. The van der Waals surface area contributed by atoms with E-state index in [1.165, 1.54) is 0 Å². The highest BCUT2D eigenvalue weighted by Crippen LogP contribution is 2.34. The first kappa shape index (κ1) is 19.7. The van der Waals surface area contributed by atoms with E-state index in [9.17, 15) is 4.79 Å². The molecule has 0 saturated heterocycles. The second-order valence-electron chi connectivity index (χ2n) is 8.74. The van der Waals surface area contributed by atoms with Gasteiger partial charge in [-0.1, -0.05) is 0 Å². The van der Waals surface area contributed by atoms with E-state index in [0.29, 0.717) is 11.3 Å². The Bertz CT molecular complexity index is 1710. The fourth-order valence-electron chi connectivity index (χ4n) is 4.34. The molecule has 170 valence electrons. The number of aromatic amines is 2. The van der Waals surface area contributed by atoms with Gasteiger partial charge in [0, 0.05) is 57.5 Å². The minimum Gasteiger partial charge on any atom is -0.472 e. The molecule has 6 aromatic heterocycles. The maximum Gasteiger partial charge on any atom is 0.227 e. The second kappa shape index (κ2) is 7.63. The fourth-order valence-corrected chi connectivity index (χ4v) is 4.34. The van der Waals surface area contributed by atoms with Gasteiger partial charge in [0.1, 0.15) is 0 Å². The lowest BCUT2D eigenvalue weighted by Crippen LogP contribution is -2.13. The molecule has 7 rings (SSSR count). The van der Waals surface area contributed by atoms with Crippen LogP contribution in [-0.2, 0) is 4.79 Å². The molecule has 9 heteroatoms. The topological polar surface area (TPSA) is 125 Å². The van der Waals surface area contributed by atoms with Gasteiger partial charge in [0.15, 0.2) is 5.65 Å². The molecule has 1 aliphatic carbocycles. The predicted molar refractivity (Wildman–Crippen MR) is 131 cm³/mol. The van der Waals surface area contributed by atoms with Crippen LogP contribution in [0, 0.1) is 5.92 Å². The molecule has 3 N–H and O–H groups in total. The van der Waals surface area contributed by atoms with E-state index in [4.69, 9.17) is 4.42 Å². The van der Waals surface area contributed by atoms with Crippen LogP contribution in [0.5, 0.6) is 0 Å². The van der Waals surface area contributed by atoms with E-state index in [1.807, 2.05) is 24.3 Å². The van der Waals surface area contributed by atoms with Crippen molar-refractivity contribution < 1.29 is 9.21 Å². The maximum absolute atomic E-state index is 12.2. The number of hydrogen-bond acceptors (Lipinski definition) is 6. The number of rotatable bonds is 5. The summed E-state index contributed by atoms with van der Waals surface area (Å²) in [5.41, 5.74) is 7.47. The van der Waals surface area contributed by atoms with Crippen LogP contribution in [0.1, 0.15) is 12.8 Å². The van der Waals surface area contributed by atoms with E-state index in [2.05, 4.69) is 41.5 Å². The van der Waals surface area contributed by atoms with Crippen molar-refractivity contribution >= 4 is 33.5 Å². The van der Waals surface area contributed by atoms with Gasteiger partial charge in [-0.2, -0.15) is 5.10 Å². The van der Waals surface area contributed by atoms with E-state index in [1.54, 1.807) is 37.3 Å². The molecule has 0 radical (unpaired) electrons. The number of fused-ring (bicyclic) bond motifs is 2. The third kappa shape index (κ3) is 3.45. The average Bonchev–Trinajstić information content (AvgIpc) is 3.26. The van der Waals surface area contributed by atoms with Gasteiger partial charge in [-0.15, -0.1) is 0 Å². The van der Waals surface area contributed by atoms with Crippen LogP contribution >= 0.6 is 0 Å². The highest BCUT2D eigenvalue weighted by molar-refractivity contribution is 6.00. The number of carbonyl (C=O) groups excluding carboxylic acids is 1. The fraction of sp³-hybridized carbons (Fsp3) is 0.115. The van der Waals surface area contributed by atoms with Gasteiger partial charge in [0.05, 0.1) is 41.5 Å². The number of H-pyrrole nitrogens is 2. The molecule has 1 amide bonds. The van der Waals surface area contributed by atoms with Crippen molar-refractivity contribution in [3.63, 3.8) is 0 Å². The summed E-state index contributed by atoms with van der Waals surface area (Å²) < 4.78 is 5.25. The van der Waals surface area contributed by atoms with Crippen LogP contribution < -0.4 is 5.32 Å². The zero-order valence-corrected chi connectivity index (χ0v) is 18.4. The Kier molecular flexibility index (Phi) is 4.28. The molecule has 6 heterocycles. The quantitative estimate of drug-likeness (QED) is 0.325. The summed E-state index contributed by atoms with van der Waals surface area (Å²) in [6, 6.07) is 9.84. The molecule has 0 unspecified atom stereocenters. The van der Waals surface area contributed by atoms with Gasteiger partial charge in [-0.05, 0) is 43.2 Å². The SMILES string of the molecule is O=C(Nc1cncc(-c2cnc3n[nH]c(-c4cc5c(-c6ccoc6)nccc5[nH]4)c3c2)c1)C1CC1. The highest BCUT2D eigenvalue weighted by Gasteiger charge is 2.29. The van der Waals surface area contributed by atoms with E-state index in [-0.39, 0.29) is 11.8 Å². The molecular weight excluding hydrogens is 442 g/mol. The van der Waals surface area contributed by atoms with Gasteiger partial charge < -0.3 is 14.7 Å². The second-order valence-corrected chi connectivity index (χ2v) is 8.74. The lowest BCUT2D eigenvalue weighted by atomic mass is 10.1. The summed E-state index contributed by atoms with van der Waals surface area (Å²) >= 11 is 0. The van der Waals surface area contributed by atoms with Crippen molar-refractivity contribution in [3.8, 4) is 33.8 Å². The van der Waals surface area contributed by atoms with E-state index >= 15 is 0 Å². The lowest BCUT2D eigenvalue weighted by Gasteiger charge is -2.07. The Hall–Kier alpha value is -4.79. The summed E-state index contributed by atoms with van der Waals surface area (Å²) in [6.07, 6.45) is 12.2. The first-order chi connectivity index (χ1) is 17.2. The van der Waals surface area contributed by atoms with E-state index in [0.717, 1.165) is 62.9 Å². The van der Waals surface area contributed by atoms with Gasteiger partial charge in [-0.3, -0.25) is 19.9 Å². The monoisotopic (exact) mass is 461 g/mol. The number of furan rings is 1. The number of amides is 1. The van der Waals surface area contributed by atoms with Crippen molar-refractivity contribution in [2.45, 2.75) is 12.8 Å². The minimum absolute atomic E-state index is 0.0535. The molecule has 1 aliphatic rings. The Balaban J connectivity index is 1.29. The van der Waals surface area contributed by atoms with Gasteiger partial charge >= 0.3 is 0 Å². The molecule has 35 heavy (non-hydrogen) atoms. The number of anilines is 1. The van der Waals surface area contributed by atoms with Crippen molar-refractivity contribution in [1.82, 2.24) is 30.1 Å². The number of pyridine rings is 3. The molecule has 0 atom stereocenters.